The molecule has 0 unspecified atom stereocenters. The quantitative estimate of drug-likeness (QED) is 0.826. The Labute approximate surface area is 123 Å². The Morgan fingerprint density at radius 1 is 1.35 bits per heavy atom. The summed E-state index contributed by atoms with van der Waals surface area (Å²) in [5.74, 6) is 2.08. The summed E-state index contributed by atoms with van der Waals surface area (Å²) in [4.78, 5) is 4.60. The van der Waals surface area contributed by atoms with Crippen molar-refractivity contribution in [3.8, 4) is 5.75 Å². The van der Waals surface area contributed by atoms with Crippen LogP contribution in [0.15, 0.2) is 30.6 Å². The van der Waals surface area contributed by atoms with Crippen LogP contribution in [0.5, 0.6) is 5.75 Å². The summed E-state index contributed by atoms with van der Waals surface area (Å²) in [7, 11) is 0. The highest BCUT2D eigenvalue weighted by Gasteiger charge is 2.07. The fourth-order valence-corrected chi connectivity index (χ4v) is 1.90. The van der Waals surface area contributed by atoms with Crippen molar-refractivity contribution in [3.63, 3.8) is 0 Å². The predicted molar refractivity (Wildman–Crippen MR) is 81.5 cm³/mol. The Balaban J connectivity index is 1.98. The average molecular weight is 290 g/mol. The van der Waals surface area contributed by atoms with E-state index in [-0.39, 0.29) is 0 Å². The monoisotopic (exact) mass is 290 g/mol. The zero-order chi connectivity index (χ0) is 14.5. The minimum atomic E-state index is 0.383. The maximum absolute atomic E-state index is 5.70. The lowest BCUT2D eigenvalue weighted by Crippen LogP contribution is -2.12. The molecule has 0 fully saturated rings. The molecule has 0 aliphatic carbocycles. The zero-order valence-electron chi connectivity index (χ0n) is 11.6. The van der Waals surface area contributed by atoms with Gasteiger partial charge in [-0.15, -0.1) is 0 Å². The first-order valence-corrected chi connectivity index (χ1v) is 6.86. The second-order valence-corrected chi connectivity index (χ2v) is 5.37. The van der Waals surface area contributed by atoms with Crippen LogP contribution in [0, 0.1) is 5.92 Å². The lowest BCUT2D eigenvalue weighted by Gasteiger charge is -2.10. The van der Waals surface area contributed by atoms with Gasteiger partial charge in [-0.3, -0.25) is 0 Å². The van der Waals surface area contributed by atoms with Crippen molar-refractivity contribution in [1.82, 2.24) is 14.8 Å². The van der Waals surface area contributed by atoms with Crippen molar-refractivity contribution in [2.45, 2.75) is 27.0 Å². The number of aromatic nitrogens is 3. The predicted octanol–water partition coefficient (Wildman–Crippen LogP) is 2.15. The SMILES string of the molecule is CC(C)Cn1ncnc1COc1ccc(C(N)=S)cc1. The molecule has 0 radical (unpaired) electrons. The molecule has 1 aromatic heterocycles. The molecule has 2 N–H and O–H groups in total. The van der Waals surface area contributed by atoms with Crippen molar-refractivity contribution in [2.75, 3.05) is 0 Å². The van der Waals surface area contributed by atoms with E-state index in [0.29, 0.717) is 17.5 Å². The van der Waals surface area contributed by atoms with Crippen LogP contribution in [0.2, 0.25) is 0 Å². The van der Waals surface area contributed by atoms with Gasteiger partial charge in [0.1, 0.15) is 23.7 Å². The third kappa shape index (κ3) is 3.77. The van der Waals surface area contributed by atoms with Crippen LogP contribution in [-0.2, 0) is 13.2 Å². The summed E-state index contributed by atoms with van der Waals surface area (Å²) in [6, 6.07) is 7.38. The van der Waals surface area contributed by atoms with E-state index in [1.807, 2.05) is 28.9 Å². The minimum Gasteiger partial charge on any atom is -0.486 e. The van der Waals surface area contributed by atoms with Gasteiger partial charge in [-0.05, 0) is 30.2 Å². The van der Waals surface area contributed by atoms with Crippen LogP contribution in [0.25, 0.3) is 0 Å². The zero-order valence-corrected chi connectivity index (χ0v) is 12.4. The van der Waals surface area contributed by atoms with Gasteiger partial charge in [-0.2, -0.15) is 5.10 Å². The summed E-state index contributed by atoms with van der Waals surface area (Å²) < 4.78 is 7.57. The molecule has 1 aromatic carbocycles. The average Bonchev–Trinajstić information content (AvgIpc) is 2.83. The standard InChI is InChI=1S/C14H18N4OS/c1-10(2)7-18-13(16-9-17-18)8-19-12-5-3-11(4-6-12)14(15)20/h3-6,9-10H,7-8H2,1-2H3,(H2,15,20). The molecule has 2 rings (SSSR count). The van der Waals surface area contributed by atoms with Gasteiger partial charge < -0.3 is 10.5 Å². The van der Waals surface area contributed by atoms with E-state index in [0.717, 1.165) is 23.7 Å². The molecule has 0 bridgehead atoms. The number of nitrogens with two attached hydrogens (primary N) is 1. The second-order valence-electron chi connectivity index (χ2n) is 4.93. The highest BCUT2D eigenvalue weighted by atomic mass is 32.1. The molecule has 2 aromatic rings. The summed E-state index contributed by atoms with van der Waals surface area (Å²) in [6.45, 7) is 5.50. The van der Waals surface area contributed by atoms with Gasteiger partial charge in [0.15, 0.2) is 5.82 Å². The summed E-state index contributed by atoms with van der Waals surface area (Å²) in [6.07, 6.45) is 1.55. The van der Waals surface area contributed by atoms with Crippen molar-refractivity contribution in [2.24, 2.45) is 11.7 Å². The van der Waals surface area contributed by atoms with Gasteiger partial charge in [-0.1, -0.05) is 26.1 Å². The van der Waals surface area contributed by atoms with Gasteiger partial charge >= 0.3 is 0 Å². The van der Waals surface area contributed by atoms with E-state index < -0.39 is 0 Å². The molecule has 5 nitrogen and oxygen atoms in total. The number of hydrogen-bond acceptors (Lipinski definition) is 4. The van der Waals surface area contributed by atoms with Crippen molar-refractivity contribution in [3.05, 3.63) is 42.0 Å². The smallest absolute Gasteiger partial charge is 0.164 e. The molecule has 1 heterocycles. The van der Waals surface area contributed by atoms with Gasteiger partial charge in [-0.25, -0.2) is 9.67 Å². The number of nitrogens with zero attached hydrogens (tertiary/aromatic N) is 3. The molecule has 0 saturated carbocycles. The van der Waals surface area contributed by atoms with Crippen molar-refractivity contribution >= 4 is 17.2 Å². The number of rotatable bonds is 6. The minimum absolute atomic E-state index is 0.383. The Bertz CT molecular complexity index is 577. The summed E-state index contributed by atoms with van der Waals surface area (Å²) >= 11 is 4.91. The van der Waals surface area contributed by atoms with E-state index in [9.17, 15) is 0 Å². The molecular weight excluding hydrogens is 272 g/mol. The van der Waals surface area contributed by atoms with Gasteiger partial charge in [0.25, 0.3) is 0 Å². The lowest BCUT2D eigenvalue weighted by molar-refractivity contribution is 0.282. The Morgan fingerprint density at radius 2 is 2.05 bits per heavy atom. The Morgan fingerprint density at radius 3 is 2.65 bits per heavy atom. The first-order chi connectivity index (χ1) is 9.56. The molecule has 106 valence electrons. The molecule has 0 aliphatic heterocycles. The van der Waals surface area contributed by atoms with E-state index in [1.54, 1.807) is 6.33 Å². The van der Waals surface area contributed by atoms with Crippen LogP contribution in [-0.4, -0.2) is 19.8 Å². The molecule has 6 heteroatoms. The van der Waals surface area contributed by atoms with Crippen LogP contribution >= 0.6 is 12.2 Å². The lowest BCUT2D eigenvalue weighted by atomic mass is 10.2. The van der Waals surface area contributed by atoms with Crippen LogP contribution < -0.4 is 10.5 Å². The molecule has 20 heavy (non-hydrogen) atoms. The second kappa shape index (κ2) is 6.47. The topological polar surface area (TPSA) is 66.0 Å². The van der Waals surface area contributed by atoms with E-state index in [1.165, 1.54) is 0 Å². The number of thiocarbonyl (C=S) groups is 1. The normalized spacial score (nSPS) is 10.8. The Kier molecular flexibility index (Phi) is 4.68. The van der Waals surface area contributed by atoms with Gasteiger partial charge in [0, 0.05) is 12.1 Å². The summed E-state index contributed by atoms with van der Waals surface area (Å²) in [5.41, 5.74) is 6.38. The van der Waals surface area contributed by atoms with E-state index in [2.05, 4.69) is 23.9 Å². The first kappa shape index (κ1) is 14.5. The molecule has 0 aliphatic rings. The van der Waals surface area contributed by atoms with E-state index >= 15 is 0 Å². The highest BCUT2D eigenvalue weighted by molar-refractivity contribution is 7.80. The molecule has 0 saturated heterocycles. The third-order valence-electron chi connectivity index (χ3n) is 2.74. The molecule has 0 atom stereocenters. The molecule has 0 spiro atoms. The maximum atomic E-state index is 5.70. The Hall–Kier alpha value is -1.95. The van der Waals surface area contributed by atoms with E-state index in [4.69, 9.17) is 22.7 Å². The number of benzene rings is 1. The highest BCUT2D eigenvalue weighted by Crippen LogP contribution is 2.14. The largest absolute Gasteiger partial charge is 0.486 e. The van der Waals surface area contributed by atoms with Crippen molar-refractivity contribution in [1.29, 1.82) is 0 Å². The number of ether oxygens (including phenoxy) is 1. The van der Waals surface area contributed by atoms with Crippen molar-refractivity contribution < 1.29 is 4.74 Å². The first-order valence-electron chi connectivity index (χ1n) is 6.45. The molecule has 0 amide bonds. The fourth-order valence-electron chi connectivity index (χ4n) is 1.76. The van der Waals surface area contributed by atoms with Crippen LogP contribution in [0.4, 0.5) is 0 Å². The van der Waals surface area contributed by atoms with Gasteiger partial charge in [0.2, 0.25) is 0 Å². The maximum Gasteiger partial charge on any atom is 0.164 e. The van der Waals surface area contributed by atoms with Crippen LogP contribution in [0.3, 0.4) is 0 Å². The fraction of sp³-hybridized carbons (Fsp3) is 0.357. The van der Waals surface area contributed by atoms with Gasteiger partial charge in [0.05, 0.1) is 0 Å². The van der Waals surface area contributed by atoms with Crippen LogP contribution in [0.1, 0.15) is 25.2 Å². The molecular formula is C14H18N4OS. The third-order valence-corrected chi connectivity index (χ3v) is 2.98. The number of hydrogen-bond donors (Lipinski definition) is 1. The summed E-state index contributed by atoms with van der Waals surface area (Å²) in [5, 5.41) is 4.20.